The lowest BCUT2D eigenvalue weighted by Gasteiger charge is -2.12. The summed E-state index contributed by atoms with van der Waals surface area (Å²) in [5.41, 5.74) is 0.160. The van der Waals surface area contributed by atoms with Crippen LogP contribution >= 0.6 is 0 Å². The Balaban J connectivity index is 2.55. The summed E-state index contributed by atoms with van der Waals surface area (Å²) in [5.74, 6) is -3.17. The molecule has 1 aromatic carbocycles. The molecule has 1 aromatic rings. The quantitative estimate of drug-likeness (QED) is 0.620. The standard InChI is InChI=1S/C8H7F2NO/c9-8(10)5-3-1-2-4-6(5)11-7(8)12/h1-4,7,11-12H. The van der Waals surface area contributed by atoms with Crippen LogP contribution in [0.5, 0.6) is 0 Å². The Morgan fingerprint density at radius 1 is 1.33 bits per heavy atom. The van der Waals surface area contributed by atoms with Gasteiger partial charge in [0.1, 0.15) is 0 Å². The van der Waals surface area contributed by atoms with E-state index in [-0.39, 0.29) is 5.56 Å². The van der Waals surface area contributed by atoms with Crippen LogP contribution in [0.2, 0.25) is 0 Å². The minimum absolute atomic E-state index is 0.141. The first-order chi connectivity index (χ1) is 5.62. The van der Waals surface area contributed by atoms with Gasteiger partial charge >= 0.3 is 5.92 Å². The Labute approximate surface area is 67.8 Å². The predicted molar refractivity (Wildman–Crippen MR) is 40.0 cm³/mol. The number of aliphatic hydroxyl groups is 1. The number of rotatable bonds is 0. The van der Waals surface area contributed by atoms with Crippen molar-refractivity contribution >= 4 is 5.69 Å². The van der Waals surface area contributed by atoms with Crippen LogP contribution in [0.1, 0.15) is 5.56 Å². The van der Waals surface area contributed by atoms with Crippen LogP contribution in [0.3, 0.4) is 0 Å². The van der Waals surface area contributed by atoms with Gasteiger partial charge in [0.25, 0.3) is 0 Å². The molecule has 0 aromatic heterocycles. The topological polar surface area (TPSA) is 32.3 Å². The smallest absolute Gasteiger partial charge is 0.318 e. The van der Waals surface area contributed by atoms with Crippen LogP contribution in [-0.2, 0) is 5.92 Å². The molecule has 1 unspecified atom stereocenters. The summed E-state index contributed by atoms with van der Waals surface area (Å²) in [7, 11) is 0. The maximum absolute atomic E-state index is 13.0. The molecule has 0 bridgehead atoms. The molecule has 0 fully saturated rings. The SMILES string of the molecule is OC1Nc2ccccc2C1(F)F. The number of fused-ring (bicyclic) bond motifs is 1. The molecule has 2 N–H and O–H groups in total. The van der Waals surface area contributed by atoms with Crippen LogP contribution in [0.15, 0.2) is 24.3 Å². The largest absolute Gasteiger partial charge is 0.368 e. The highest BCUT2D eigenvalue weighted by atomic mass is 19.3. The number of aliphatic hydroxyl groups excluding tert-OH is 1. The van der Waals surface area contributed by atoms with E-state index < -0.39 is 12.2 Å². The molecule has 4 heteroatoms. The lowest BCUT2D eigenvalue weighted by molar-refractivity contribution is -0.0920. The first kappa shape index (κ1) is 7.49. The number of halogens is 2. The number of benzene rings is 1. The molecule has 2 rings (SSSR count). The molecule has 0 saturated carbocycles. The number of hydrogen-bond acceptors (Lipinski definition) is 2. The number of para-hydroxylation sites is 1. The van der Waals surface area contributed by atoms with Crippen molar-refractivity contribution in [3.63, 3.8) is 0 Å². The summed E-state index contributed by atoms with van der Waals surface area (Å²) in [6, 6.07) is 5.98. The average molecular weight is 171 g/mol. The monoisotopic (exact) mass is 171 g/mol. The lowest BCUT2D eigenvalue weighted by Crippen LogP contribution is -2.29. The van der Waals surface area contributed by atoms with Crippen molar-refractivity contribution in [1.29, 1.82) is 0 Å². The van der Waals surface area contributed by atoms with Crippen molar-refractivity contribution < 1.29 is 13.9 Å². The summed E-state index contributed by atoms with van der Waals surface area (Å²) in [6.07, 6.45) is -1.80. The molecule has 64 valence electrons. The highest BCUT2D eigenvalue weighted by Gasteiger charge is 2.47. The molecule has 1 aliphatic rings. The minimum atomic E-state index is -3.17. The molecule has 0 saturated heterocycles. The molecule has 0 spiro atoms. The Morgan fingerprint density at radius 2 is 2.00 bits per heavy atom. The number of alkyl halides is 2. The van der Waals surface area contributed by atoms with Crippen molar-refractivity contribution in [2.24, 2.45) is 0 Å². The molecule has 0 aliphatic carbocycles. The normalized spacial score (nSPS) is 24.8. The first-order valence-electron chi connectivity index (χ1n) is 3.54. The van der Waals surface area contributed by atoms with Crippen LogP contribution in [-0.4, -0.2) is 11.3 Å². The highest BCUT2D eigenvalue weighted by Crippen LogP contribution is 2.42. The molecule has 0 amide bonds. The third-order valence-corrected chi connectivity index (χ3v) is 1.92. The van der Waals surface area contributed by atoms with E-state index in [9.17, 15) is 8.78 Å². The van der Waals surface area contributed by atoms with Gasteiger partial charge in [-0.15, -0.1) is 0 Å². The summed E-state index contributed by atoms with van der Waals surface area (Å²) in [5, 5.41) is 11.2. The van der Waals surface area contributed by atoms with Crippen LogP contribution in [0.25, 0.3) is 0 Å². The summed E-state index contributed by atoms with van der Waals surface area (Å²) < 4.78 is 26.0. The third kappa shape index (κ3) is 0.814. The first-order valence-corrected chi connectivity index (χ1v) is 3.54. The zero-order valence-corrected chi connectivity index (χ0v) is 6.09. The van der Waals surface area contributed by atoms with Gasteiger partial charge in [-0.2, -0.15) is 8.78 Å². The van der Waals surface area contributed by atoms with Crippen LogP contribution in [0.4, 0.5) is 14.5 Å². The number of nitrogens with one attached hydrogen (secondary N) is 1. The molecule has 2 nitrogen and oxygen atoms in total. The summed E-state index contributed by atoms with van der Waals surface area (Å²) >= 11 is 0. The summed E-state index contributed by atoms with van der Waals surface area (Å²) in [4.78, 5) is 0. The molecular formula is C8H7F2NO. The number of anilines is 1. The maximum atomic E-state index is 13.0. The van der Waals surface area contributed by atoms with Gasteiger partial charge in [0.05, 0.1) is 0 Å². The highest BCUT2D eigenvalue weighted by molar-refractivity contribution is 5.58. The van der Waals surface area contributed by atoms with Crippen molar-refractivity contribution in [1.82, 2.24) is 0 Å². The van der Waals surface area contributed by atoms with Gasteiger partial charge in [0.2, 0.25) is 0 Å². The molecule has 12 heavy (non-hydrogen) atoms. The van der Waals surface area contributed by atoms with Crippen molar-refractivity contribution in [3.05, 3.63) is 29.8 Å². The zero-order chi connectivity index (χ0) is 8.77. The van der Waals surface area contributed by atoms with Gasteiger partial charge in [-0.25, -0.2) is 0 Å². The van der Waals surface area contributed by atoms with Crippen molar-refractivity contribution in [2.75, 3.05) is 5.32 Å². The van der Waals surface area contributed by atoms with Gasteiger partial charge in [-0.3, -0.25) is 0 Å². The average Bonchev–Trinajstić information content (AvgIpc) is 2.25. The molecule has 1 heterocycles. The van der Waals surface area contributed by atoms with Gasteiger partial charge < -0.3 is 10.4 Å². The third-order valence-electron chi connectivity index (χ3n) is 1.92. The Bertz CT molecular complexity index is 314. The van der Waals surface area contributed by atoms with E-state index in [1.807, 2.05) is 0 Å². The van der Waals surface area contributed by atoms with E-state index in [2.05, 4.69) is 5.32 Å². The van der Waals surface area contributed by atoms with E-state index in [0.717, 1.165) is 0 Å². The molecule has 1 aliphatic heterocycles. The predicted octanol–water partition coefficient (Wildman–Crippen LogP) is 1.52. The fraction of sp³-hybridized carbons (Fsp3) is 0.250. The molecular weight excluding hydrogens is 164 g/mol. The van der Waals surface area contributed by atoms with Crippen molar-refractivity contribution in [2.45, 2.75) is 12.2 Å². The fourth-order valence-corrected chi connectivity index (χ4v) is 1.28. The van der Waals surface area contributed by atoms with Gasteiger partial charge in [-0.05, 0) is 6.07 Å². The van der Waals surface area contributed by atoms with Gasteiger partial charge in [0, 0.05) is 11.3 Å². The lowest BCUT2D eigenvalue weighted by atomic mass is 10.1. The van der Waals surface area contributed by atoms with Gasteiger partial charge in [-0.1, -0.05) is 18.2 Å². The zero-order valence-electron chi connectivity index (χ0n) is 6.09. The molecule has 0 radical (unpaired) electrons. The van der Waals surface area contributed by atoms with E-state index >= 15 is 0 Å². The van der Waals surface area contributed by atoms with E-state index in [4.69, 9.17) is 5.11 Å². The Kier molecular flexibility index (Phi) is 1.35. The maximum Gasteiger partial charge on any atom is 0.318 e. The van der Waals surface area contributed by atoms with Crippen LogP contribution < -0.4 is 5.32 Å². The second-order valence-corrected chi connectivity index (χ2v) is 2.72. The van der Waals surface area contributed by atoms with E-state index in [1.54, 1.807) is 6.07 Å². The second kappa shape index (κ2) is 2.17. The Morgan fingerprint density at radius 3 is 2.67 bits per heavy atom. The molecule has 1 atom stereocenters. The van der Waals surface area contributed by atoms with Gasteiger partial charge in [0.15, 0.2) is 6.23 Å². The second-order valence-electron chi connectivity index (χ2n) is 2.72. The van der Waals surface area contributed by atoms with Crippen LogP contribution in [0, 0.1) is 0 Å². The van der Waals surface area contributed by atoms with Crippen molar-refractivity contribution in [3.8, 4) is 0 Å². The summed E-state index contributed by atoms with van der Waals surface area (Å²) in [6.45, 7) is 0. The fourth-order valence-electron chi connectivity index (χ4n) is 1.28. The van der Waals surface area contributed by atoms with E-state index in [0.29, 0.717) is 5.69 Å². The minimum Gasteiger partial charge on any atom is -0.368 e. The number of hydrogen-bond donors (Lipinski definition) is 2. The van der Waals surface area contributed by atoms with E-state index in [1.165, 1.54) is 18.2 Å². The Hall–Kier alpha value is -1.16.